The minimum Gasteiger partial charge on any atom is -0.365 e. The molecule has 0 saturated carbocycles. The Morgan fingerprint density at radius 1 is 1.14 bits per heavy atom. The number of benzene rings is 1. The maximum Gasteiger partial charge on any atom is 0.266 e. The number of carbonyl (C=O) groups excluding carboxylic acids is 3. The molecule has 0 unspecified atom stereocenters. The summed E-state index contributed by atoms with van der Waals surface area (Å²) < 4.78 is 0. The van der Waals surface area contributed by atoms with Crippen LogP contribution in [0.25, 0.3) is 21.3 Å². The molecule has 0 spiro atoms. The van der Waals surface area contributed by atoms with Gasteiger partial charge in [0.1, 0.15) is 5.82 Å². The lowest BCUT2D eigenvalue weighted by molar-refractivity contribution is -0.120. The van der Waals surface area contributed by atoms with Gasteiger partial charge in [0, 0.05) is 52.9 Å². The van der Waals surface area contributed by atoms with Gasteiger partial charge in [-0.2, -0.15) is 0 Å². The van der Waals surface area contributed by atoms with Crippen LogP contribution in [-0.4, -0.2) is 34.7 Å². The van der Waals surface area contributed by atoms with E-state index in [1.54, 1.807) is 48.6 Å². The first-order valence-corrected chi connectivity index (χ1v) is 11.9. The van der Waals surface area contributed by atoms with Crippen LogP contribution in [0.15, 0.2) is 54.9 Å². The van der Waals surface area contributed by atoms with Crippen molar-refractivity contribution in [1.82, 2.24) is 9.97 Å². The Hall–Kier alpha value is -3.98. The normalized spacial score (nSPS) is 11.4. The third kappa shape index (κ3) is 5.25. The highest BCUT2D eigenvalue weighted by atomic mass is 32.1. The fourth-order valence-corrected chi connectivity index (χ4v) is 4.65. The van der Waals surface area contributed by atoms with Crippen molar-refractivity contribution in [3.63, 3.8) is 0 Å². The molecule has 0 radical (unpaired) electrons. The molecule has 4 N–H and O–H groups in total. The first kappa shape index (κ1) is 24.2. The van der Waals surface area contributed by atoms with Crippen LogP contribution in [0.5, 0.6) is 0 Å². The third-order valence-corrected chi connectivity index (χ3v) is 6.62. The average Bonchev–Trinajstić information content (AvgIpc) is 3.42. The number of aromatic amines is 1. The Labute approximate surface area is 207 Å². The number of hydrogen-bond donors (Lipinski definition) is 3. The molecule has 1 aromatic carbocycles. The summed E-state index contributed by atoms with van der Waals surface area (Å²) >= 11 is 1.32. The predicted molar refractivity (Wildman–Crippen MR) is 140 cm³/mol. The fraction of sp³-hybridized carbons (Fsp3) is 0.231. The molecule has 0 saturated heterocycles. The molecule has 3 amide bonds. The highest BCUT2D eigenvalue weighted by Crippen LogP contribution is 2.32. The van der Waals surface area contributed by atoms with Crippen LogP contribution >= 0.6 is 11.3 Å². The third-order valence-electron chi connectivity index (χ3n) is 5.49. The number of amides is 3. The van der Waals surface area contributed by atoms with Gasteiger partial charge in [-0.3, -0.25) is 19.4 Å². The zero-order valence-electron chi connectivity index (χ0n) is 20.0. The molecule has 0 fully saturated rings. The SMILES string of the molecule is CN(C(=O)CC(C)(C)C)c1ccc2c(C(N)=O)c(NC(=O)c3ccc(-c4cccnc4)s3)[nH]c2c1. The molecule has 8 nitrogen and oxygen atoms in total. The number of primary amides is 1. The van der Waals surface area contributed by atoms with Crippen molar-refractivity contribution in [2.45, 2.75) is 27.2 Å². The molecular weight excluding hydrogens is 462 g/mol. The van der Waals surface area contributed by atoms with E-state index in [1.807, 2.05) is 39.0 Å². The molecule has 35 heavy (non-hydrogen) atoms. The summed E-state index contributed by atoms with van der Waals surface area (Å²) in [6.45, 7) is 6.02. The van der Waals surface area contributed by atoms with Crippen molar-refractivity contribution in [1.29, 1.82) is 0 Å². The highest BCUT2D eigenvalue weighted by Gasteiger charge is 2.23. The molecule has 4 aromatic rings. The summed E-state index contributed by atoms with van der Waals surface area (Å²) in [6, 6.07) is 12.6. The minimum absolute atomic E-state index is 0.0193. The summed E-state index contributed by atoms with van der Waals surface area (Å²) in [6.07, 6.45) is 3.81. The summed E-state index contributed by atoms with van der Waals surface area (Å²) in [5.74, 6) is -0.834. The van der Waals surface area contributed by atoms with Crippen molar-refractivity contribution in [2.75, 3.05) is 17.3 Å². The molecule has 0 aliphatic heterocycles. The van der Waals surface area contributed by atoms with Crippen LogP contribution in [0, 0.1) is 5.41 Å². The predicted octanol–water partition coefficient (Wildman–Crippen LogP) is 5.04. The zero-order valence-corrected chi connectivity index (χ0v) is 20.8. The molecule has 3 heterocycles. The number of hydrogen-bond acceptors (Lipinski definition) is 5. The average molecular weight is 490 g/mol. The molecule has 3 aromatic heterocycles. The van der Waals surface area contributed by atoms with Gasteiger partial charge in [-0.05, 0) is 41.8 Å². The van der Waals surface area contributed by atoms with E-state index in [1.165, 1.54) is 11.3 Å². The Morgan fingerprint density at radius 2 is 1.91 bits per heavy atom. The van der Waals surface area contributed by atoms with Crippen molar-refractivity contribution >= 4 is 51.5 Å². The van der Waals surface area contributed by atoms with Crippen LogP contribution < -0.4 is 16.0 Å². The number of pyridine rings is 1. The monoisotopic (exact) mass is 489 g/mol. The summed E-state index contributed by atoms with van der Waals surface area (Å²) in [7, 11) is 1.71. The maximum absolute atomic E-state index is 13.0. The van der Waals surface area contributed by atoms with Gasteiger partial charge in [0.25, 0.3) is 11.8 Å². The summed E-state index contributed by atoms with van der Waals surface area (Å²) in [5.41, 5.74) is 7.87. The topological polar surface area (TPSA) is 121 Å². The number of nitrogens with zero attached hydrogens (tertiary/aromatic N) is 2. The summed E-state index contributed by atoms with van der Waals surface area (Å²) in [5, 5.41) is 3.35. The van der Waals surface area contributed by atoms with Crippen molar-refractivity contribution in [3.05, 3.63) is 65.3 Å². The number of nitrogens with one attached hydrogen (secondary N) is 2. The van der Waals surface area contributed by atoms with Crippen LogP contribution in [0.3, 0.4) is 0 Å². The molecule has 4 rings (SSSR count). The van der Waals surface area contributed by atoms with Gasteiger partial charge in [-0.1, -0.05) is 26.8 Å². The van der Waals surface area contributed by atoms with E-state index in [-0.39, 0.29) is 28.6 Å². The molecular formula is C26H27N5O3S. The lowest BCUT2D eigenvalue weighted by Gasteiger charge is -2.23. The number of thiophene rings is 1. The van der Waals surface area contributed by atoms with Crippen molar-refractivity contribution < 1.29 is 14.4 Å². The smallest absolute Gasteiger partial charge is 0.266 e. The molecule has 9 heteroatoms. The first-order valence-electron chi connectivity index (χ1n) is 11.1. The van der Waals surface area contributed by atoms with Gasteiger partial charge >= 0.3 is 0 Å². The number of anilines is 2. The van der Waals surface area contributed by atoms with Crippen LogP contribution in [0.2, 0.25) is 0 Å². The molecule has 180 valence electrons. The number of rotatable bonds is 6. The molecule has 0 atom stereocenters. The zero-order chi connectivity index (χ0) is 25.3. The highest BCUT2D eigenvalue weighted by molar-refractivity contribution is 7.17. The van der Waals surface area contributed by atoms with Crippen molar-refractivity contribution in [2.24, 2.45) is 11.1 Å². The molecule has 0 aliphatic carbocycles. The van der Waals surface area contributed by atoms with E-state index < -0.39 is 5.91 Å². The van der Waals surface area contributed by atoms with Gasteiger partial charge in [0.15, 0.2) is 0 Å². The second-order valence-corrected chi connectivity index (χ2v) is 10.6. The Kier molecular flexibility index (Phi) is 6.45. The number of nitrogens with two attached hydrogens (primary N) is 1. The second kappa shape index (κ2) is 9.34. The summed E-state index contributed by atoms with van der Waals surface area (Å²) in [4.78, 5) is 48.1. The Morgan fingerprint density at radius 3 is 2.57 bits per heavy atom. The second-order valence-electron chi connectivity index (χ2n) is 9.52. The first-order chi connectivity index (χ1) is 16.5. The van der Waals surface area contributed by atoms with Gasteiger partial charge in [0.05, 0.1) is 10.4 Å². The van der Waals surface area contributed by atoms with E-state index in [9.17, 15) is 14.4 Å². The van der Waals surface area contributed by atoms with E-state index in [0.717, 1.165) is 10.4 Å². The lowest BCUT2D eigenvalue weighted by Crippen LogP contribution is -2.29. The number of H-pyrrole nitrogens is 1. The van der Waals surface area contributed by atoms with E-state index in [0.29, 0.717) is 27.9 Å². The Balaban J connectivity index is 1.62. The lowest BCUT2D eigenvalue weighted by atomic mass is 9.91. The van der Waals surface area contributed by atoms with Gasteiger partial charge in [-0.25, -0.2) is 0 Å². The number of carbonyl (C=O) groups is 3. The minimum atomic E-state index is -0.668. The number of fused-ring (bicyclic) bond motifs is 1. The molecule has 0 aliphatic rings. The number of aromatic nitrogens is 2. The quantitative estimate of drug-likeness (QED) is 0.351. The van der Waals surface area contributed by atoms with Gasteiger partial charge in [-0.15, -0.1) is 11.3 Å². The van der Waals surface area contributed by atoms with Gasteiger partial charge < -0.3 is 20.9 Å². The molecule has 0 bridgehead atoms. The van der Waals surface area contributed by atoms with Crippen LogP contribution in [-0.2, 0) is 4.79 Å². The largest absolute Gasteiger partial charge is 0.365 e. The van der Waals surface area contributed by atoms with Crippen LogP contribution in [0.4, 0.5) is 11.5 Å². The van der Waals surface area contributed by atoms with Crippen LogP contribution in [0.1, 0.15) is 47.2 Å². The van der Waals surface area contributed by atoms with E-state index in [4.69, 9.17) is 5.73 Å². The van der Waals surface area contributed by atoms with Crippen molar-refractivity contribution in [3.8, 4) is 10.4 Å². The maximum atomic E-state index is 13.0. The Bertz CT molecular complexity index is 1420. The van der Waals surface area contributed by atoms with E-state index in [2.05, 4.69) is 15.3 Å². The standard InChI is InChI=1S/C26H27N5O3S/c1-26(2,3)13-21(32)31(4)16-7-8-17-18(12-16)29-24(22(17)23(27)33)30-25(34)20-10-9-19(35-20)15-6-5-11-28-14-15/h5-12,14,29H,13H2,1-4H3,(H2,27,33)(H,30,34). The van der Waals surface area contributed by atoms with E-state index >= 15 is 0 Å². The fourth-order valence-electron chi connectivity index (χ4n) is 3.76. The van der Waals surface area contributed by atoms with Gasteiger partial charge in [0.2, 0.25) is 5.91 Å².